The monoisotopic (exact) mass is 314 g/mol. The largest absolute Gasteiger partial charge is 0.389 e. The van der Waals surface area contributed by atoms with Crippen LogP contribution >= 0.6 is 23.6 Å². The van der Waals surface area contributed by atoms with Crippen LogP contribution in [-0.4, -0.2) is 22.0 Å². The van der Waals surface area contributed by atoms with E-state index in [-0.39, 0.29) is 0 Å². The van der Waals surface area contributed by atoms with Crippen molar-refractivity contribution in [2.75, 3.05) is 11.9 Å². The van der Waals surface area contributed by atoms with Gasteiger partial charge in [-0.25, -0.2) is 9.97 Å². The lowest BCUT2D eigenvalue weighted by Gasteiger charge is -2.20. The fourth-order valence-corrected chi connectivity index (χ4v) is 2.91. The molecule has 2 heterocycles. The highest BCUT2D eigenvalue weighted by molar-refractivity contribution is 7.80. The number of para-hydroxylation sites is 1. The molecule has 0 saturated heterocycles. The number of nitrogens with zero attached hydrogens (tertiary/aromatic N) is 3. The Hall–Kier alpha value is -2.05. The molecule has 0 bridgehead atoms. The summed E-state index contributed by atoms with van der Waals surface area (Å²) in [4.78, 5) is 11.4. The third-order valence-corrected chi connectivity index (χ3v) is 4.07. The molecule has 2 aromatic heterocycles. The molecule has 0 saturated carbocycles. The van der Waals surface area contributed by atoms with E-state index in [1.807, 2.05) is 53.2 Å². The first kappa shape index (κ1) is 13.9. The number of rotatable bonds is 4. The van der Waals surface area contributed by atoms with Crippen molar-refractivity contribution >= 4 is 45.3 Å². The van der Waals surface area contributed by atoms with Gasteiger partial charge in [0.05, 0.1) is 28.8 Å². The molecule has 21 heavy (non-hydrogen) atoms. The van der Waals surface area contributed by atoms with E-state index in [9.17, 15) is 0 Å². The van der Waals surface area contributed by atoms with E-state index in [0.29, 0.717) is 11.5 Å². The standard InChI is InChI=1S/C15H14N4S2/c1-19(7-11-8-21-9-17-11)15-12(14(16)20)6-10-4-2-3-5-13(10)18-15/h2-6,8-9H,7H2,1H3,(H2,16,20). The molecular formula is C15H14N4S2. The smallest absolute Gasteiger partial charge is 0.139 e. The van der Waals surface area contributed by atoms with E-state index < -0.39 is 0 Å². The molecule has 0 aliphatic rings. The van der Waals surface area contributed by atoms with Crippen LogP contribution in [0.25, 0.3) is 10.9 Å². The second-order valence-electron chi connectivity index (χ2n) is 4.75. The summed E-state index contributed by atoms with van der Waals surface area (Å²) < 4.78 is 0. The van der Waals surface area contributed by atoms with E-state index in [2.05, 4.69) is 4.98 Å². The number of benzene rings is 1. The Morgan fingerprint density at radius 1 is 1.38 bits per heavy atom. The maximum absolute atomic E-state index is 5.87. The van der Waals surface area contributed by atoms with Gasteiger partial charge in [-0.2, -0.15) is 0 Å². The van der Waals surface area contributed by atoms with Gasteiger partial charge in [-0.3, -0.25) is 0 Å². The van der Waals surface area contributed by atoms with Crippen molar-refractivity contribution in [2.24, 2.45) is 5.73 Å². The number of fused-ring (bicyclic) bond motifs is 1. The summed E-state index contributed by atoms with van der Waals surface area (Å²) in [6, 6.07) is 9.94. The molecule has 3 rings (SSSR count). The average molecular weight is 314 g/mol. The second kappa shape index (κ2) is 5.75. The summed E-state index contributed by atoms with van der Waals surface area (Å²) in [5.41, 5.74) is 10.4. The lowest BCUT2D eigenvalue weighted by Crippen LogP contribution is -2.23. The molecule has 0 fully saturated rings. The fourth-order valence-electron chi connectivity index (χ4n) is 2.21. The van der Waals surface area contributed by atoms with Crippen molar-refractivity contribution in [1.29, 1.82) is 0 Å². The van der Waals surface area contributed by atoms with E-state index in [0.717, 1.165) is 28.0 Å². The summed E-state index contributed by atoms with van der Waals surface area (Å²) in [5.74, 6) is 0.786. The molecule has 0 unspecified atom stereocenters. The normalized spacial score (nSPS) is 10.7. The van der Waals surface area contributed by atoms with Gasteiger partial charge in [-0.05, 0) is 12.1 Å². The molecule has 1 aromatic carbocycles. The van der Waals surface area contributed by atoms with Crippen LogP contribution in [0.1, 0.15) is 11.3 Å². The zero-order valence-electron chi connectivity index (χ0n) is 11.5. The summed E-state index contributed by atoms with van der Waals surface area (Å²) in [6.07, 6.45) is 0. The van der Waals surface area contributed by atoms with Gasteiger partial charge in [0, 0.05) is 17.8 Å². The summed E-state index contributed by atoms with van der Waals surface area (Å²) >= 11 is 6.76. The van der Waals surface area contributed by atoms with Crippen LogP contribution < -0.4 is 10.6 Å². The highest BCUT2D eigenvalue weighted by Crippen LogP contribution is 2.24. The second-order valence-corrected chi connectivity index (χ2v) is 5.91. The summed E-state index contributed by atoms with van der Waals surface area (Å²) in [6.45, 7) is 0.671. The van der Waals surface area contributed by atoms with Crippen LogP contribution in [0.2, 0.25) is 0 Å². The van der Waals surface area contributed by atoms with Gasteiger partial charge in [-0.1, -0.05) is 30.4 Å². The molecule has 0 aliphatic heterocycles. The third kappa shape index (κ3) is 2.86. The first-order valence-corrected chi connectivity index (χ1v) is 7.78. The average Bonchev–Trinajstić information content (AvgIpc) is 2.98. The topological polar surface area (TPSA) is 55.0 Å². The zero-order chi connectivity index (χ0) is 14.8. The Morgan fingerprint density at radius 2 is 2.19 bits per heavy atom. The highest BCUT2D eigenvalue weighted by atomic mass is 32.1. The Kier molecular flexibility index (Phi) is 3.81. The van der Waals surface area contributed by atoms with Gasteiger partial charge in [0.2, 0.25) is 0 Å². The highest BCUT2D eigenvalue weighted by Gasteiger charge is 2.14. The number of hydrogen-bond donors (Lipinski definition) is 1. The van der Waals surface area contributed by atoms with Crippen LogP contribution in [0.5, 0.6) is 0 Å². The predicted octanol–water partition coefficient (Wildman–Crippen LogP) is 2.96. The lowest BCUT2D eigenvalue weighted by molar-refractivity contribution is 0.876. The van der Waals surface area contributed by atoms with Crippen LogP contribution in [0, 0.1) is 0 Å². The maximum atomic E-state index is 5.87. The molecule has 0 aliphatic carbocycles. The molecule has 3 aromatic rings. The fraction of sp³-hybridized carbons (Fsp3) is 0.133. The zero-order valence-corrected chi connectivity index (χ0v) is 13.1. The lowest BCUT2D eigenvalue weighted by atomic mass is 10.1. The van der Waals surface area contributed by atoms with Crippen LogP contribution in [-0.2, 0) is 6.54 Å². The Bertz CT molecular complexity index is 783. The Morgan fingerprint density at radius 3 is 2.90 bits per heavy atom. The molecule has 106 valence electrons. The van der Waals surface area contributed by atoms with Gasteiger partial charge in [0.25, 0.3) is 0 Å². The van der Waals surface area contributed by atoms with Gasteiger partial charge < -0.3 is 10.6 Å². The van der Waals surface area contributed by atoms with E-state index in [4.69, 9.17) is 22.9 Å². The van der Waals surface area contributed by atoms with Gasteiger partial charge in [0.1, 0.15) is 10.8 Å². The third-order valence-electron chi connectivity index (χ3n) is 3.21. The van der Waals surface area contributed by atoms with E-state index >= 15 is 0 Å². The summed E-state index contributed by atoms with van der Waals surface area (Å²) in [5, 5.41) is 3.06. The Labute approximate surface area is 132 Å². The minimum Gasteiger partial charge on any atom is -0.389 e. The molecule has 2 N–H and O–H groups in total. The van der Waals surface area contributed by atoms with Gasteiger partial charge >= 0.3 is 0 Å². The number of aromatic nitrogens is 2. The van der Waals surface area contributed by atoms with Crippen LogP contribution in [0.3, 0.4) is 0 Å². The number of thiazole rings is 1. The van der Waals surface area contributed by atoms with Crippen LogP contribution in [0.15, 0.2) is 41.2 Å². The first-order valence-electron chi connectivity index (χ1n) is 6.43. The van der Waals surface area contributed by atoms with Crippen molar-refractivity contribution in [2.45, 2.75) is 6.54 Å². The molecule has 0 spiro atoms. The number of pyridine rings is 1. The van der Waals surface area contributed by atoms with E-state index in [1.165, 1.54) is 0 Å². The molecular weight excluding hydrogens is 300 g/mol. The van der Waals surface area contributed by atoms with Gasteiger partial charge in [0.15, 0.2) is 0 Å². The Balaban J connectivity index is 2.06. The SMILES string of the molecule is CN(Cc1cscn1)c1nc2ccccc2cc1C(N)=S. The number of nitrogens with two attached hydrogens (primary N) is 1. The molecule has 6 heteroatoms. The maximum Gasteiger partial charge on any atom is 0.139 e. The summed E-state index contributed by atoms with van der Waals surface area (Å²) in [7, 11) is 1.97. The molecule has 0 atom stereocenters. The molecule has 4 nitrogen and oxygen atoms in total. The van der Waals surface area contributed by atoms with Gasteiger partial charge in [-0.15, -0.1) is 11.3 Å². The minimum atomic E-state index is 0.355. The molecule has 0 radical (unpaired) electrons. The van der Waals surface area contributed by atoms with E-state index in [1.54, 1.807) is 11.3 Å². The first-order chi connectivity index (χ1) is 10.1. The quantitative estimate of drug-likeness (QED) is 0.750. The minimum absolute atomic E-state index is 0.355. The number of thiocarbonyl (C=S) groups is 1. The van der Waals surface area contributed by atoms with Crippen molar-refractivity contribution < 1.29 is 0 Å². The molecule has 0 amide bonds. The van der Waals surface area contributed by atoms with Crippen LogP contribution in [0.4, 0.5) is 5.82 Å². The van der Waals surface area contributed by atoms with Crippen molar-refractivity contribution in [3.63, 3.8) is 0 Å². The van der Waals surface area contributed by atoms with Crippen molar-refractivity contribution in [1.82, 2.24) is 9.97 Å². The number of anilines is 1. The predicted molar refractivity (Wildman–Crippen MR) is 91.9 cm³/mol. The number of hydrogen-bond acceptors (Lipinski definition) is 5. The van der Waals surface area contributed by atoms with Crippen molar-refractivity contribution in [3.05, 3.63) is 52.5 Å². The van der Waals surface area contributed by atoms with Crippen molar-refractivity contribution in [3.8, 4) is 0 Å².